The van der Waals surface area contributed by atoms with Crippen LogP contribution in [-0.2, 0) is 6.61 Å². The van der Waals surface area contributed by atoms with Crippen LogP contribution in [0.15, 0.2) is 91.1 Å². The second kappa shape index (κ2) is 13.3. The van der Waals surface area contributed by atoms with Crippen molar-refractivity contribution in [1.29, 1.82) is 0 Å². The van der Waals surface area contributed by atoms with E-state index >= 15 is 0 Å². The first kappa shape index (κ1) is 26.0. The first-order chi connectivity index (χ1) is 17.6. The molecule has 4 nitrogen and oxygen atoms in total. The minimum Gasteiger partial charge on any atom is -0.489 e. The number of nitrogens with zero attached hydrogens (tertiary/aromatic N) is 1. The molecule has 0 spiro atoms. The molecule has 2 N–H and O–H groups in total. The van der Waals surface area contributed by atoms with Gasteiger partial charge in [-0.2, -0.15) is 0 Å². The molecule has 0 saturated heterocycles. The molecule has 0 bridgehead atoms. The van der Waals surface area contributed by atoms with Gasteiger partial charge in [-0.3, -0.25) is 0 Å². The third-order valence-electron chi connectivity index (χ3n) is 6.75. The predicted octanol–water partition coefficient (Wildman–Crippen LogP) is 7.83. The summed E-state index contributed by atoms with van der Waals surface area (Å²) in [5, 5.41) is 2.49. The Morgan fingerprint density at radius 3 is 2.19 bits per heavy atom. The van der Waals surface area contributed by atoms with Gasteiger partial charge in [0.25, 0.3) is 0 Å². The van der Waals surface area contributed by atoms with Gasteiger partial charge in [-0.1, -0.05) is 85.3 Å². The molecular weight excluding hydrogens is 468 g/mol. The van der Waals surface area contributed by atoms with E-state index in [4.69, 9.17) is 26.8 Å². The van der Waals surface area contributed by atoms with E-state index in [-0.39, 0.29) is 6.10 Å². The summed E-state index contributed by atoms with van der Waals surface area (Å²) in [5.41, 5.74) is 7.33. The average molecular weight is 503 g/mol. The van der Waals surface area contributed by atoms with Gasteiger partial charge in [0.1, 0.15) is 12.4 Å². The fourth-order valence-electron chi connectivity index (χ4n) is 4.61. The number of rotatable bonds is 7. The van der Waals surface area contributed by atoms with Gasteiger partial charge in [0.15, 0.2) is 0 Å². The summed E-state index contributed by atoms with van der Waals surface area (Å²) in [6.45, 7) is 2.63. The third-order valence-corrected chi connectivity index (χ3v) is 7.05. The van der Waals surface area contributed by atoms with Crippen LogP contribution < -0.4 is 15.2 Å². The summed E-state index contributed by atoms with van der Waals surface area (Å²) in [5.74, 6) is 1.92. The molecule has 1 aromatic heterocycles. The van der Waals surface area contributed by atoms with Crippen molar-refractivity contribution in [2.75, 3.05) is 0 Å². The second-order valence-corrected chi connectivity index (χ2v) is 9.68. The number of hydrogen-bond donors (Lipinski definition) is 1. The highest BCUT2D eigenvalue weighted by molar-refractivity contribution is 6.33. The number of fused-ring (bicyclic) bond motifs is 1. The zero-order valence-electron chi connectivity index (χ0n) is 20.9. The van der Waals surface area contributed by atoms with E-state index in [0.717, 1.165) is 54.2 Å². The lowest BCUT2D eigenvalue weighted by atomic mass is 9.82. The Bertz CT molecular complexity index is 1170. The average Bonchev–Trinajstić information content (AvgIpc) is 2.94. The lowest BCUT2D eigenvalue weighted by molar-refractivity contribution is 0.122. The lowest BCUT2D eigenvalue weighted by Crippen LogP contribution is -2.35. The van der Waals surface area contributed by atoms with Gasteiger partial charge in [0, 0.05) is 17.6 Å². The Kier molecular flexibility index (Phi) is 9.60. The number of pyridine rings is 1. The van der Waals surface area contributed by atoms with Crippen molar-refractivity contribution in [2.24, 2.45) is 11.7 Å². The molecule has 1 atom stereocenters. The summed E-state index contributed by atoms with van der Waals surface area (Å²) in [6.07, 6.45) is 7.27. The monoisotopic (exact) mass is 502 g/mol. The minimum atomic E-state index is 0.191. The molecule has 1 fully saturated rings. The van der Waals surface area contributed by atoms with E-state index in [0.29, 0.717) is 29.5 Å². The van der Waals surface area contributed by atoms with E-state index in [2.05, 4.69) is 11.9 Å². The molecule has 1 aliphatic carbocycles. The minimum absolute atomic E-state index is 0.191. The summed E-state index contributed by atoms with van der Waals surface area (Å²) < 4.78 is 12.3. The van der Waals surface area contributed by atoms with Gasteiger partial charge in [0.05, 0.1) is 11.1 Å². The Balaban J connectivity index is 0.000000445. The summed E-state index contributed by atoms with van der Waals surface area (Å²) >= 11 is 6.58. The molecule has 1 heterocycles. The highest BCUT2D eigenvalue weighted by atomic mass is 35.5. The number of ether oxygens (including phenoxy) is 2. The van der Waals surface area contributed by atoms with Crippen molar-refractivity contribution in [3.05, 3.63) is 102 Å². The Hall–Kier alpha value is -3.08. The molecule has 1 saturated carbocycles. The van der Waals surface area contributed by atoms with Gasteiger partial charge in [-0.25, -0.2) is 4.98 Å². The number of aromatic nitrogens is 1. The van der Waals surface area contributed by atoms with E-state index in [1.807, 2.05) is 84.9 Å². The first-order valence-electron chi connectivity index (χ1n) is 12.8. The zero-order chi connectivity index (χ0) is 25.2. The van der Waals surface area contributed by atoms with Crippen LogP contribution in [0, 0.1) is 5.92 Å². The quantitative estimate of drug-likeness (QED) is 0.280. The van der Waals surface area contributed by atoms with Gasteiger partial charge < -0.3 is 15.2 Å². The standard InChI is InChI=1S/C25H29ClN2O2.C6H6/c1-2-23(27)18-8-10-20(11-9-18)30-24-14-19-12-13-28-25(21(19)15-22(24)26)29-16-17-6-4-3-5-7-17;1-2-4-6-5-3-1/h3-7,12-15,18,20,23H,2,8-11,16,27H2,1H3;1-6H. The van der Waals surface area contributed by atoms with Crippen LogP contribution in [0.3, 0.4) is 0 Å². The highest BCUT2D eigenvalue weighted by Crippen LogP contribution is 2.37. The van der Waals surface area contributed by atoms with Crippen LogP contribution >= 0.6 is 11.6 Å². The van der Waals surface area contributed by atoms with E-state index in [9.17, 15) is 0 Å². The van der Waals surface area contributed by atoms with Crippen molar-refractivity contribution < 1.29 is 9.47 Å². The number of halogens is 1. The molecule has 0 aliphatic heterocycles. The van der Waals surface area contributed by atoms with Crippen molar-refractivity contribution in [3.63, 3.8) is 0 Å². The van der Waals surface area contributed by atoms with Gasteiger partial charge >= 0.3 is 0 Å². The fraction of sp³-hybridized carbons (Fsp3) is 0.323. The van der Waals surface area contributed by atoms with Gasteiger partial charge in [-0.05, 0) is 67.2 Å². The lowest BCUT2D eigenvalue weighted by Gasteiger charge is -2.32. The van der Waals surface area contributed by atoms with E-state index in [1.54, 1.807) is 6.20 Å². The molecule has 5 heteroatoms. The van der Waals surface area contributed by atoms with Crippen molar-refractivity contribution >= 4 is 22.4 Å². The van der Waals surface area contributed by atoms with Gasteiger partial charge in [0.2, 0.25) is 5.88 Å². The van der Waals surface area contributed by atoms with E-state index in [1.165, 1.54) is 0 Å². The number of nitrogens with two attached hydrogens (primary N) is 1. The fourth-order valence-corrected chi connectivity index (χ4v) is 4.82. The summed E-state index contributed by atoms with van der Waals surface area (Å²) in [6, 6.07) is 28.2. The smallest absolute Gasteiger partial charge is 0.221 e. The van der Waals surface area contributed by atoms with Crippen LogP contribution in [0.2, 0.25) is 5.02 Å². The zero-order valence-corrected chi connectivity index (χ0v) is 21.6. The molecule has 0 radical (unpaired) electrons. The van der Waals surface area contributed by atoms with Crippen LogP contribution in [0.5, 0.6) is 11.6 Å². The van der Waals surface area contributed by atoms with Crippen molar-refractivity contribution in [1.82, 2.24) is 4.98 Å². The summed E-state index contributed by atoms with van der Waals surface area (Å²) in [4.78, 5) is 4.41. The molecule has 188 valence electrons. The molecule has 36 heavy (non-hydrogen) atoms. The largest absolute Gasteiger partial charge is 0.489 e. The van der Waals surface area contributed by atoms with Crippen molar-refractivity contribution in [2.45, 2.75) is 57.8 Å². The molecule has 0 amide bonds. The second-order valence-electron chi connectivity index (χ2n) is 9.28. The molecular formula is C31H35ClN2O2. The Morgan fingerprint density at radius 2 is 1.56 bits per heavy atom. The SMILES string of the molecule is CCC(N)C1CCC(Oc2cc3ccnc(OCc4ccccc4)c3cc2Cl)CC1.c1ccccc1. The Labute approximate surface area is 219 Å². The maximum atomic E-state index is 6.58. The molecule has 1 aliphatic rings. The molecule has 1 unspecified atom stereocenters. The van der Waals surface area contributed by atoms with E-state index < -0.39 is 0 Å². The highest BCUT2D eigenvalue weighted by Gasteiger charge is 2.26. The maximum Gasteiger partial charge on any atom is 0.221 e. The maximum absolute atomic E-state index is 6.58. The predicted molar refractivity (Wildman–Crippen MR) is 149 cm³/mol. The molecule has 5 rings (SSSR count). The van der Waals surface area contributed by atoms with Crippen LogP contribution in [-0.4, -0.2) is 17.1 Å². The third kappa shape index (κ3) is 7.22. The van der Waals surface area contributed by atoms with Crippen molar-refractivity contribution in [3.8, 4) is 11.6 Å². The van der Waals surface area contributed by atoms with Crippen LogP contribution in [0.25, 0.3) is 10.8 Å². The molecule has 4 aromatic rings. The van der Waals surface area contributed by atoms with Crippen LogP contribution in [0.4, 0.5) is 0 Å². The van der Waals surface area contributed by atoms with Crippen LogP contribution in [0.1, 0.15) is 44.6 Å². The first-order valence-corrected chi connectivity index (χ1v) is 13.2. The normalized spacial score (nSPS) is 18.1. The molecule has 3 aromatic carbocycles. The Morgan fingerprint density at radius 1 is 0.917 bits per heavy atom. The summed E-state index contributed by atoms with van der Waals surface area (Å²) in [7, 11) is 0. The number of benzene rings is 3. The number of hydrogen-bond acceptors (Lipinski definition) is 4. The topological polar surface area (TPSA) is 57.4 Å². The van der Waals surface area contributed by atoms with Gasteiger partial charge in [-0.15, -0.1) is 0 Å².